The Morgan fingerprint density at radius 3 is 2.80 bits per heavy atom. The highest BCUT2D eigenvalue weighted by Crippen LogP contribution is 2.37. The Morgan fingerprint density at radius 2 is 2.03 bits per heavy atom. The Hall–Kier alpha value is -3.80. The molecule has 2 heterocycles. The number of carboxylic acid groups (broad SMARTS) is 1. The highest BCUT2D eigenvalue weighted by atomic mass is 16.5. The first-order chi connectivity index (χ1) is 17.0. The Labute approximate surface area is 205 Å². The van der Waals surface area contributed by atoms with Gasteiger partial charge in [0.05, 0.1) is 36.9 Å². The van der Waals surface area contributed by atoms with Gasteiger partial charge >= 0.3 is 5.97 Å². The third-order valence-corrected chi connectivity index (χ3v) is 6.97. The molecule has 35 heavy (non-hydrogen) atoms. The van der Waals surface area contributed by atoms with Crippen molar-refractivity contribution >= 4 is 17.0 Å². The summed E-state index contributed by atoms with van der Waals surface area (Å²) in [5.41, 5.74) is 7.91. The van der Waals surface area contributed by atoms with Crippen molar-refractivity contribution in [3.05, 3.63) is 82.7 Å². The fourth-order valence-electron chi connectivity index (χ4n) is 5.06. The van der Waals surface area contributed by atoms with Crippen LogP contribution < -0.4 is 9.47 Å². The molecule has 0 saturated heterocycles. The zero-order valence-corrected chi connectivity index (χ0v) is 20.4. The van der Waals surface area contributed by atoms with Gasteiger partial charge in [0.1, 0.15) is 17.3 Å². The minimum atomic E-state index is -0.790. The van der Waals surface area contributed by atoms with E-state index in [-0.39, 0.29) is 12.3 Å². The smallest absolute Gasteiger partial charge is 0.304 e. The molecule has 0 amide bonds. The first kappa shape index (κ1) is 23.0. The number of methoxy groups -OCH3 is 1. The van der Waals surface area contributed by atoms with Crippen LogP contribution in [0, 0.1) is 6.92 Å². The highest BCUT2D eigenvalue weighted by Gasteiger charge is 2.26. The van der Waals surface area contributed by atoms with Crippen LogP contribution in [0.2, 0.25) is 0 Å². The third kappa shape index (κ3) is 4.36. The van der Waals surface area contributed by atoms with Gasteiger partial charge in [0, 0.05) is 24.0 Å². The van der Waals surface area contributed by atoms with Crippen LogP contribution in [0.5, 0.6) is 11.5 Å². The number of carbonyl (C=O) groups is 1. The Kier molecular flexibility index (Phi) is 6.20. The van der Waals surface area contributed by atoms with Gasteiger partial charge in [0.15, 0.2) is 0 Å². The molecule has 1 aliphatic rings. The molecule has 0 fully saturated rings. The van der Waals surface area contributed by atoms with Crippen molar-refractivity contribution in [1.82, 2.24) is 9.55 Å². The van der Waals surface area contributed by atoms with Crippen molar-refractivity contribution in [3.8, 4) is 17.2 Å². The van der Waals surface area contributed by atoms with E-state index in [1.807, 2.05) is 18.2 Å². The fraction of sp³-hybridized carbons (Fsp3) is 0.310. The zero-order chi connectivity index (χ0) is 24.5. The molecule has 1 atom stereocenters. The largest absolute Gasteiger partial charge is 0.497 e. The van der Waals surface area contributed by atoms with Gasteiger partial charge < -0.3 is 14.6 Å². The average Bonchev–Trinajstić information content (AvgIpc) is 3.43. The summed E-state index contributed by atoms with van der Waals surface area (Å²) >= 11 is 0. The number of ether oxygens (including phenoxy) is 2. The van der Waals surface area contributed by atoms with Gasteiger partial charge in [0.2, 0.25) is 0 Å². The van der Waals surface area contributed by atoms with Crippen LogP contribution in [0.4, 0.5) is 0 Å². The number of carboxylic acids is 1. The van der Waals surface area contributed by atoms with Crippen LogP contribution in [0.25, 0.3) is 16.7 Å². The van der Waals surface area contributed by atoms with Crippen LogP contribution in [-0.2, 0) is 24.1 Å². The molecule has 0 saturated carbocycles. The van der Waals surface area contributed by atoms with E-state index < -0.39 is 5.97 Å². The van der Waals surface area contributed by atoms with Gasteiger partial charge in [-0.3, -0.25) is 9.36 Å². The van der Waals surface area contributed by atoms with E-state index in [0.717, 1.165) is 58.9 Å². The monoisotopic (exact) mass is 470 g/mol. The molecule has 1 aliphatic heterocycles. The van der Waals surface area contributed by atoms with E-state index in [1.165, 1.54) is 16.7 Å². The first-order valence-corrected chi connectivity index (χ1v) is 12.1. The number of aromatic nitrogens is 2. The molecule has 0 radical (unpaired) electrons. The third-order valence-electron chi connectivity index (χ3n) is 6.97. The lowest BCUT2D eigenvalue weighted by Gasteiger charge is -2.15. The van der Waals surface area contributed by atoms with Crippen molar-refractivity contribution in [1.29, 1.82) is 0 Å². The van der Waals surface area contributed by atoms with Gasteiger partial charge in [-0.25, -0.2) is 4.98 Å². The zero-order valence-electron chi connectivity index (χ0n) is 20.4. The van der Waals surface area contributed by atoms with Gasteiger partial charge in [-0.2, -0.15) is 0 Å². The van der Waals surface area contributed by atoms with Crippen LogP contribution in [0.3, 0.4) is 0 Å². The molecule has 6 heteroatoms. The first-order valence-electron chi connectivity index (χ1n) is 12.1. The van der Waals surface area contributed by atoms with Crippen molar-refractivity contribution in [2.75, 3.05) is 13.7 Å². The van der Waals surface area contributed by atoms with Crippen LogP contribution in [-0.4, -0.2) is 34.3 Å². The SMILES string of the molecule is CCc1nc2cc(OC)ccc2n1-c1cccc(CCc2ccc3c(c2)OC[C@H]3CC(=O)O)c1C. The number of hydrogen-bond acceptors (Lipinski definition) is 4. The molecule has 1 N–H and O–H groups in total. The summed E-state index contributed by atoms with van der Waals surface area (Å²) in [6.45, 7) is 4.75. The molecular weight excluding hydrogens is 440 g/mol. The summed E-state index contributed by atoms with van der Waals surface area (Å²) in [7, 11) is 1.67. The second kappa shape index (κ2) is 9.45. The maximum atomic E-state index is 11.1. The van der Waals surface area contributed by atoms with Gasteiger partial charge in [-0.05, 0) is 60.7 Å². The molecule has 1 aromatic heterocycles. The Balaban J connectivity index is 1.41. The number of aryl methyl sites for hydroxylation is 3. The normalized spacial score (nSPS) is 14.7. The molecule has 0 unspecified atom stereocenters. The van der Waals surface area contributed by atoms with Crippen LogP contribution in [0.1, 0.15) is 47.3 Å². The number of rotatable bonds is 8. The number of nitrogens with zero attached hydrogens (tertiary/aromatic N) is 2. The average molecular weight is 471 g/mol. The Morgan fingerprint density at radius 1 is 1.17 bits per heavy atom. The van der Waals surface area contributed by atoms with Gasteiger partial charge in [-0.15, -0.1) is 0 Å². The summed E-state index contributed by atoms with van der Waals surface area (Å²) in [5.74, 6) is 1.81. The van der Waals surface area contributed by atoms with Crippen LogP contribution >= 0.6 is 0 Å². The van der Waals surface area contributed by atoms with E-state index in [4.69, 9.17) is 19.6 Å². The number of imidazole rings is 1. The van der Waals surface area contributed by atoms with E-state index >= 15 is 0 Å². The van der Waals surface area contributed by atoms with E-state index in [0.29, 0.717) is 6.61 Å². The van der Waals surface area contributed by atoms with Crippen molar-refractivity contribution in [2.24, 2.45) is 0 Å². The number of hydrogen-bond donors (Lipinski definition) is 1. The quantitative estimate of drug-likeness (QED) is 0.361. The predicted molar refractivity (Wildman–Crippen MR) is 136 cm³/mol. The molecule has 4 aromatic rings. The summed E-state index contributed by atoms with van der Waals surface area (Å²) in [6.07, 6.45) is 2.72. The number of fused-ring (bicyclic) bond motifs is 2. The summed E-state index contributed by atoms with van der Waals surface area (Å²) in [4.78, 5) is 16.0. The van der Waals surface area contributed by atoms with Crippen molar-refractivity contribution < 1.29 is 19.4 Å². The lowest BCUT2D eigenvalue weighted by atomic mass is 9.94. The maximum absolute atomic E-state index is 11.1. The maximum Gasteiger partial charge on any atom is 0.304 e. The topological polar surface area (TPSA) is 73.6 Å². The minimum absolute atomic E-state index is 0.0618. The second-order valence-electron chi connectivity index (χ2n) is 9.11. The van der Waals surface area contributed by atoms with E-state index in [1.54, 1.807) is 7.11 Å². The molecule has 180 valence electrons. The molecular formula is C29H30N2O4. The van der Waals surface area contributed by atoms with E-state index in [2.05, 4.69) is 54.8 Å². The fourth-order valence-corrected chi connectivity index (χ4v) is 5.06. The Bertz CT molecular complexity index is 1410. The lowest BCUT2D eigenvalue weighted by molar-refractivity contribution is -0.137. The lowest BCUT2D eigenvalue weighted by Crippen LogP contribution is -2.07. The standard InChI is InChI=1S/C29H30N2O4/c1-4-28-30-24-16-22(34-3)11-13-26(24)31(28)25-7-5-6-20(18(25)2)10-8-19-9-12-23-21(15-29(32)33)17-35-27(23)14-19/h5-7,9,11-14,16,21H,4,8,10,15,17H2,1-3H3,(H,32,33)/t21-/m1/s1. The highest BCUT2D eigenvalue weighted by molar-refractivity contribution is 5.80. The van der Waals surface area contributed by atoms with E-state index in [9.17, 15) is 4.79 Å². The summed E-state index contributed by atoms with van der Waals surface area (Å²) in [6, 6.07) is 18.7. The second-order valence-corrected chi connectivity index (χ2v) is 9.11. The molecule has 5 rings (SSSR count). The number of benzene rings is 3. The molecule has 3 aromatic carbocycles. The number of aliphatic carboxylic acids is 1. The summed E-state index contributed by atoms with van der Waals surface area (Å²) in [5, 5.41) is 9.13. The van der Waals surface area contributed by atoms with Crippen LogP contribution in [0.15, 0.2) is 54.6 Å². The summed E-state index contributed by atoms with van der Waals surface area (Å²) < 4.78 is 13.5. The molecule has 0 bridgehead atoms. The van der Waals surface area contributed by atoms with Crippen molar-refractivity contribution in [2.45, 2.75) is 45.4 Å². The molecule has 6 nitrogen and oxygen atoms in total. The molecule has 0 spiro atoms. The van der Waals surface area contributed by atoms with Gasteiger partial charge in [-0.1, -0.05) is 31.2 Å². The van der Waals surface area contributed by atoms with Crippen molar-refractivity contribution in [3.63, 3.8) is 0 Å². The van der Waals surface area contributed by atoms with Gasteiger partial charge in [0.25, 0.3) is 0 Å². The predicted octanol–water partition coefficient (Wildman–Crippen LogP) is 5.64. The minimum Gasteiger partial charge on any atom is -0.497 e. The molecule has 0 aliphatic carbocycles.